The second kappa shape index (κ2) is 27.5. The number of rotatable bonds is 14. The van der Waals surface area contributed by atoms with Crippen LogP contribution in [0.25, 0.3) is 0 Å². The van der Waals surface area contributed by atoms with E-state index in [1.54, 1.807) is 0 Å². The van der Waals surface area contributed by atoms with E-state index >= 15 is 0 Å². The monoisotopic (exact) mass is 1110 g/mol. The molecule has 0 spiro atoms. The molecule has 10 aromatic rings. The minimum absolute atomic E-state index is 0.994. The Morgan fingerprint density at radius 2 is 0.424 bits per heavy atom. The quantitative estimate of drug-likeness (QED) is 0.0800. The van der Waals surface area contributed by atoms with Gasteiger partial charge < -0.3 is 0 Å². The maximum Gasteiger partial charge on any atom is 0.353 e. The predicted molar refractivity (Wildman–Crippen MR) is 361 cm³/mol. The lowest BCUT2D eigenvalue weighted by molar-refractivity contribution is -0.553. The summed E-state index contributed by atoms with van der Waals surface area (Å²) in [5, 5.41) is 0. The molecule has 8 heteroatoms. The molecule has 4 aliphatic heterocycles. The van der Waals surface area contributed by atoms with E-state index in [-0.39, 0.29) is 0 Å². The highest BCUT2D eigenvalue weighted by Gasteiger charge is 2.42. The van der Waals surface area contributed by atoms with Crippen LogP contribution in [-0.2, 0) is 13.1 Å². The zero-order chi connectivity index (χ0) is 57.4. The minimum Gasteiger partial charge on any atom is -0.264 e. The van der Waals surface area contributed by atoms with E-state index in [0.717, 1.165) is 45.9 Å². The van der Waals surface area contributed by atoms with Gasteiger partial charge >= 0.3 is 11.9 Å². The summed E-state index contributed by atoms with van der Waals surface area (Å²) < 4.78 is 5.32. The van der Waals surface area contributed by atoms with E-state index in [9.17, 15) is 0 Å². The van der Waals surface area contributed by atoms with E-state index in [1.807, 2.05) is 0 Å². The molecule has 0 amide bonds. The second-order valence-electron chi connectivity index (χ2n) is 23.5. The number of guanidine groups is 2. The molecule has 6 nitrogen and oxygen atoms in total. The summed E-state index contributed by atoms with van der Waals surface area (Å²) in [6.45, 7) is 12.4. The van der Waals surface area contributed by atoms with Crippen LogP contribution in [-0.4, -0.2) is 112 Å². The van der Waals surface area contributed by atoms with Crippen LogP contribution in [0.2, 0.25) is 0 Å². The van der Waals surface area contributed by atoms with Gasteiger partial charge in [0.2, 0.25) is 0 Å². The van der Waals surface area contributed by atoms with Gasteiger partial charge in [0.1, 0.15) is 12.3 Å². The summed E-state index contributed by atoms with van der Waals surface area (Å²) in [6, 6.07) is 109. The summed E-state index contributed by atoms with van der Waals surface area (Å²) in [4.78, 5) is 10.7. The molecule has 424 valence electrons. The van der Waals surface area contributed by atoms with Gasteiger partial charge in [-0.25, -0.2) is 9.80 Å². The molecule has 0 bridgehead atoms. The molecule has 0 saturated heterocycles. The minimum atomic E-state index is -1.22. The first-order chi connectivity index (χ1) is 42.2. The van der Waals surface area contributed by atoms with Gasteiger partial charge in [-0.15, -0.1) is 0 Å². The summed E-state index contributed by atoms with van der Waals surface area (Å²) >= 11 is 0. The number of hydrogen-bond donors (Lipinski definition) is 0. The van der Waals surface area contributed by atoms with Gasteiger partial charge in [-0.2, -0.15) is 43.7 Å². The van der Waals surface area contributed by atoms with Crippen molar-refractivity contribution in [1.82, 2.24) is 19.6 Å². The van der Waals surface area contributed by atoms with Gasteiger partial charge in [0.15, 0.2) is 6.67 Å². The topological polar surface area (TPSA) is 19.0 Å². The van der Waals surface area contributed by atoms with Gasteiger partial charge in [0.25, 0.3) is 0 Å². The van der Waals surface area contributed by atoms with Crippen LogP contribution < -0.4 is 43.7 Å². The van der Waals surface area contributed by atoms with E-state index < -0.39 is 12.3 Å². The molecule has 0 radical (unpaired) electrons. The van der Waals surface area contributed by atoms with Crippen molar-refractivity contribution < 1.29 is 9.15 Å². The van der Waals surface area contributed by atoms with Crippen LogP contribution in [0.15, 0.2) is 303 Å². The third-order valence-electron chi connectivity index (χ3n) is 18.3. The zero-order valence-corrected chi connectivity index (χ0v) is 49.3. The third-order valence-corrected chi connectivity index (χ3v) is 18.3. The van der Waals surface area contributed by atoms with Crippen molar-refractivity contribution in [1.29, 1.82) is 0 Å². The molecule has 0 aromatic heterocycles. The standard InChI is InChI=1S/C29H40N6.2C24H20B/c1-3-11-26(12-4-1)23-32-19-7-15-30-17-9-21-34(28(30)32)25-35-22-10-18-31-16-8-20-33(29(31)35)24-27-13-5-2-6-14-27;2*1-5-13-21(14-6-1)25(22-15-7-2-8-16-22,23-17-9-3-10-18-23)24-19-11-4-12-20-24/h1-6,11-14H,7-10,15-25H2;2*1-20H/q+2;2*-1. The fraction of sp³-hybridized carbons (Fsp3) is 0.195. The third kappa shape index (κ3) is 12.4. The maximum absolute atomic E-state index is 2.69. The zero-order valence-electron chi connectivity index (χ0n) is 49.3. The van der Waals surface area contributed by atoms with E-state index in [0.29, 0.717) is 0 Å². The largest absolute Gasteiger partial charge is 0.353 e. The Hall–Kier alpha value is -9.13. The van der Waals surface area contributed by atoms with Crippen molar-refractivity contribution in [2.24, 2.45) is 0 Å². The molecular weight excluding hydrogens is 1030 g/mol. The Bertz CT molecular complexity index is 3110. The molecule has 4 heterocycles. The molecule has 10 aromatic carbocycles. The van der Waals surface area contributed by atoms with Crippen molar-refractivity contribution >= 4 is 67.9 Å². The summed E-state index contributed by atoms with van der Waals surface area (Å²) in [6.07, 6.45) is 2.58. The SMILES string of the molecule is c1ccc(CN2CCC[N+]3=C2N(CN2CCC[N+]4=C2N(Cc2ccccc2)CCC4)CCC3)cc1.c1ccc([B-](c2ccccc2)(c2ccccc2)c2ccccc2)cc1.c1ccc([B-](c2ccccc2)(c2ccccc2)c2ccccc2)cc1. The Balaban J connectivity index is 0.000000128. The first-order valence-corrected chi connectivity index (χ1v) is 31.3. The van der Waals surface area contributed by atoms with E-state index in [2.05, 4.69) is 332 Å². The normalized spacial score (nSPS) is 15.2. The number of hydrogen-bond acceptors (Lipinski definition) is 4. The predicted octanol–water partition coefficient (Wildman–Crippen LogP) is 9.03. The molecular formula is C77H80B2N6. The number of benzene rings is 10. The van der Waals surface area contributed by atoms with Crippen molar-refractivity contribution in [2.45, 2.75) is 38.8 Å². The van der Waals surface area contributed by atoms with Crippen LogP contribution in [0.3, 0.4) is 0 Å². The van der Waals surface area contributed by atoms with Crippen LogP contribution >= 0.6 is 0 Å². The highest BCUT2D eigenvalue weighted by molar-refractivity contribution is 7.20. The Morgan fingerprint density at radius 1 is 0.235 bits per heavy atom. The maximum atomic E-state index is 2.69. The van der Waals surface area contributed by atoms with Gasteiger partial charge in [-0.1, -0.05) is 303 Å². The lowest BCUT2D eigenvalue weighted by Gasteiger charge is -2.44. The van der Waals surface area contributed by atoms with Gasteiger partial charge in [0, 0.05) is 25.7 Å². The molecule has 0 saturated carbocycles. The summed E-state index contributed by atoms with van der Waals surface area (Å²) in [5.74, 6) is 2.93. The fourth-order valence-electron chi connectivity index (χ4n) is 14.7. The highest BCUT2D eigenvalue weighted by Crippen LogP contribution is 2.21. The molecule has 0 unspecified atom stereocenters. The lowest BCUT2D eigenvalue weighted by atomic mass is 9.13. The molecule has 0 N–H and O–H groups in total. The van der Waals surface area contributed by atoms with E-state index in [1.165, 1.54) is 119 Å². The first kappa shape index (κ1) is 56.4. The van der Waals surface area contributed by atoms with Crippen molar-refractivity contribution in [3.05, 3.63) is 314 Å². The Kier molecular flexibility index (Phi) is 18.2. The van der Waals surface area contributed by atoms with Crippen LogP contribution in [0, 0.1) is 0 Å². The molecule has 4 aliphatic rings. The Labute approximate surface area is 506 Å². The lowest BCUT2D eigenvalue weighted by Crippen LogP contribution is -2.74. The van der Waals surface area contributed by atoms with Crippen LogP contribution in [0.5, 0.6) is 0 Å². The average molecular weight is 1110 g/mol. The first-order valence-electron chi connectivity index (χ1n) is 31.3. The molecule has 14 rings (SSSR count). The van der Waals surface area contributed by atoms with Gasteiger partial charge in [-0.3, -0.25) is 19.0 Å². The van der Waals surface area contributed by atoms with Crippen molar-refractivity contribution in [2.75, 3.05) is 59.0 Å². The average Bonchev–Trinajstić information content (AvgIpc) is 2.94. The van der Waals surface area contributed by atoms with Gasteiger partial charge in [0.05, 0.1) is 65.4 Å². The van der Waals surface area contributed by atoms with Crippen LogP contribution in [0.4, 0.5) is 0 Å². The summed E-state index contributed by atoms with van der Waals surface area (Å²) in [7, 11) is 0. The second-order valence-corrected chi connectivity index (χ2v) is 23.5. The number of nitrogens with zero attached hydrogens (tertiary/aromatic N) is 6. The fourth-order valence-corrected chi connectivity index (χ4v) is 14.7. The van der Waals surface area contributed by atoms with Gasteiger partial charge in [-0.05, 0) is 11.1 Å². The van der Waals surface area contributed by atoms with Crippen molar-refractivity contribution in [3.63, 3.8) is 0 Å². The molecule has 0 atom stereocenters. The Morgan fingerprint density at radius 3 is 0.635 bits per heavy atom. The van der Waals surface area contributed by atoms with E-state index in [4.69, 9.17) is 0 Å². The molecule has 85 heavy (non-hydrogen) atoms. The highest BCUT2D eigenvalue weighted by atomic mass is 15.5. The van der Waals surface area contributed by atoms with Crippen molar-refractivity contribution in [3.8, 4) is 0 Å². The summed E-state index contributed by atoms with van der Waals surface area (Å²) in [5.41, 5.74) is 13.5. The molecule has 0 aliphatic carbocycles. The molecule has 0 fully saturated rings. The smallest absolute Gasteiger partial charge is 0.264 e. The van der Waals surface area contributed by atoms with Crippen LogP contribution in [0.1, 0.15) is 36.8 Å².